The van der Waals surface area contributed by atoms with Gasteiger partial charge in [-0.05, 0) is 37.5 Å². The molecule has 1 aromatic heterocycles. The Morgan fingerprint density at radius 2 is 1.97 bits per heavy atom. The number of methoxy groups -OCH3 is 1. The first-order valence-corrected chi connectivity index (χ1v) is 11.3. The third-order valence-electron chi connectivity index (χ3n) is 6.67. The van der Waals surface area contributed by atoms with Gasteiger partial charge in [-0.15, -0.1) is 0 Å². The van der Waals surface area contributed by atoms with Crippen LogP contribution in [0.2, 0.25) is 0 Å². The molecule has 32 heavy (non-hydrogen) atoms. The molecule has 7 heteroatoms. The van der Waals surface area contributed by atoms with Crippen molar-refractivity contribution >= 4 is 22.8 Å². The van der Waals surface area contributed by atoms with Crippen LogP contribution in [0.15, 0.2) is 48.5 Å². The van der Waals surface area contributed by atoms with E-state index in [1.54, 1.807) is 12.0 Å². The van der Waals surface area contributed by atoms with Gasteiger partial charge in [0.05, 0.1) is 24.7 Å². The number of piperidine rings is 1. The molecule has 0 spiro atoms. The number of nitrogens with zero attached hydrogens (tertiary/aromatic N) is 3. The number of para-hydroxylation sites is 3. The molecule has 3 aromatic rings. The van der Waals surface area contributed by atoms with E-state index in [9.17, 15) is 9.59 Å². The fourth-order valence-corrected chi connectivity index (χ4v) is 4.98. The molecule has 166 valence electrons. The SMILES string of the molecule is COc1ccccc1CN1C(=O)CCC1C(=O)N1CCCC(c2nc3ccccc3[nH]2)C1. The van der Waals surface area contributed by atoms with E-state index < -0.39 is 6.04 Å². The maximum Gasteiger partial charge on any atom is 0.245 e. The number of benzene rings is 2. The molecule has 2 atom stereocenters. The summed E-state index contributed by atoms with van der Waals surface area (Å²) < 4.78 is 5.45. The molecular weight excluding hydrogens is 404 g/mol. The average Bonchev–Trinajstić information content (AvgIpc) is 3.43. The largest absolute Gasteiger partial charge is 0.496 e. The van der Waals surface area contributed by atoms with Gasteiger partial charge >= 0.3 is 0 Å². The normalized spacial score (nSPS) is 21.3. The lowest BCUT2D eigenvalue weighted by molar-refractivity contribution is -0.142. The van der Waals surface area contributed by atoms with Crippen molar-refractivity contribution in [1.29, 1.82) is 0 Å². The van der Waals surface area contributed by atoms with Gasteiger partial charge < -0.3 is 19.5 Å². The minimum atomic E-state index is -0.415. The topological polar surface area (TPSA) is 78.5 Å². The molecule has 0 saturated carbocycles. The summed E-state index contributed by atoms with van der Waals surface area (Å²) in [5, 5.41) is 0. The quantitative estimate of drug-likeness (QED) is 0.670. The van der Waals surface area contributed by atoms with Crippen molar-refractivity contribution in [2.24, 2.45) is 0 Å². The molecule has 0 bridgehead atoms. The minimum Gasteiger partial charge on any atom is -0.496 e. The maximum atomic E-state index is 13.5. The number of aromatic amines is 1. The van der Waals surface area contributed by atoms with Gasteiger partial charge in [-0.2, -0.15) is 0 Å². The van der Waals surface area contributed by atoms with Gasteiger partial charge in [-0.1, -0.05) is 30.3 Å². The van der Waals surface area contributed by atoms with Gasteiger partial charge in [0.25, 0.3) is 0 Å². The number of ether oxygens (including phenoxy) is 1. The average molecular weight is 433 g/mol. The molecule has 5 rings (SSSR count). The molecular formula is C25H28N4O3. The Bertz CT molecular complexity index is 1110. The minimum absolute atomic E-state index is 0.0279. The fourth-order valence-electron chi connectivity index (χ4n) is 4.98. The number of carbonyl (C=O) groups excluding carboxylic acids is 2. The highest BCUT2D eigenvalue weighted by molar-refractivity contribution is 5.91. The molecule has 3 heterocycles. The number of H-pyrrole nitrogens is 1. The first-order chi connectivity index (χ1) is 15.6. The first-order valence-electron chi connectivity index (χ1n) is 11.3. The van der Waals surface area contributed by atoms with Crippen molar-refractivity contribution in [1.82, 2.24) is 19.8 Å². The smallest absolute Gasteiger partial charge is 0.245 e. The fraction of sp³-hybridized carbons (Fsp3) is 0.400. The molecule has 2 aliphatic rings. The summed E-state index contributed by atoms with van der Waals surface area (Å²) in [6.45, 7) is 1.74. The summed E-state index contributed by atoms with van der Waals surface area (Å²) in [7, 11) is 1.62. The van der Waals surface area contributed by atoms with Gasteiger partial charge in [-0.3, -0.25) is 9.59 Å². The molecule has 2 aliphatic heterocycles. The number of carbonyl (C=O) groups is 2. The molecule has 0 aliphatic carbocycles. The zero-order valence-corrected chi connectivity index (χ0v) is 18.3. The van der Waals surface area contributed by atoms with E-state index in [4.69, 9.17) is 9.72 Å². The second kappa shape index (κ2) is 8.65. The van der Waals surface area contributed by atoms with Crippen LogP contribution in [-0.4, -0.2) is 57.8 Å². The van der Waals surface area contributed by atoms with Gasteiger partial charge in [0.2, 0.25) is 11.8 Å². The van der Waals surface area contributed by atoms with Crippen LogP contribution in [-0.2, 0) is 16.1 Å². The summed E-state index contributed by atoms with van der Waals surface area (Å²) in [4.78, 5) is 38.0. The number of hydrogen-bond donors (Lipinski definition) is 1. The number of fused-ring (bicyclic) bond motifs is 1. The Morgan fingerprint density at radius 3 is 2.81 bits per heavy atom. The van der Waals surface area contributed by atoms with Gasteiger partial charge in [-0.25, -0.2) is 4.98 Å². The summed E-state index contributed by atoms with van der Waals surface area (Å²) in [6, 6.07) is 15.3. The van der Waals surface area contributed by atoms with E-state index in [-0.39, 0.29) is 17.7 Å². The lowest BCUT2D eigenvalue weighted by Gasteiger charge is -2.35. The maximum absolute atomic E-state index is 13.5. The predicted octanol–water partition coefficient (Wildman–Crippen LogP) is 3.47. The van der Waals surface area contributed by atoms with Crippen molar-refractivity contribution in [3.05, 3.63) is 59.9 Å². The van der Waals surface area contributed by atoms with E-state index >= 15 is 0 Å². The lowest BCUT2D eigenvalue weighted by Crippen LogP contribution is -2.49. The van der Waals surface area contributed by atoms with Crippen LogP contribution < -0.4 is 4.74 Å². The number of hydrogen-bond acceptors (Lipinski definition) is 4. The Balaban J connectivity index is 1.32. The molecule has 2 aromatic carbocycles. The molecule has 2 fully saturated rings. The van der Waals surface area contributed by atoms with E-state index in [2.05, 4.69) is 4.98 Å². The molecule has 2 amide bonds. The van der Waals surface area contributed by atoms with Crippen LogP contribution in [0.3, 0.4) is 0 Å². The molecule has 2 unspecified atom stereocenters. The molecule has 0 radical (unpaired) electrons. The van der Waals surface area contributed by atoms with Crippen LogP contribution in [0.1, 0.15) is 43.0 Å². The van der Waals surface area contributed by atoms with Crippen LogP contribution in [0, 0.1) is 0 Å². The Kier molecular flexibility index (Phi) is 5.55. The summed E-state index contributed by atoms with van der Waals surface area (Å²) in [5.41, 5.74) is 2.90. The zero-order valence-electron chi connectivity index (χ0n) is 18.3. The highest BCUT2D eigenvalue weighted by Crippen LogP contribution is 2.31. The highest BCUT2D eigenvalue weighted by atomic mass is 16.5. The molecule has 1 N–H and O–H groups in total. The van der Waals surface area contributed by atoms with Gasteiger partial charge in [0, 0.05) is 31.0 Å². The third kappa shape index (κ3) is 3.83. The Hall–Kier alpha value is -3.35. The summed E-state index contributed by atoms with van der Waals surface area (Å²) in [6.07, 6.45) is 2.91. The Morgan fingerprint density at radius 1 is 1.16 bits per heavy atom. The van der Waals surface area contributed by atoms with E-state index in [1.165, 1.54) is 0 Å². The number of aromatic nitrogens is 2. The summed E-state index contributed by atoms with van der Waals surface area (Å²) >= 11 is 0. The lowest BCUT2D eigenvalue weighted by atomic mass is 9.96. The number of amides is 2. The van der Waals surface area contributed by atoms with Gasteiger partial charge in [0.15, 0.2) is 0 Å². The van der Waals surface area contributed by atoms with Gasteiger partial charge in [0.1, 0.15) is 17.6 Å². The van der Waals surface area contributed by atoms with E-state index in [0.29, 0.717) is 25.9 Å². The standard InChI is InChI=1S/C25H28N4O3/c1-32-22-11-5-2-7-17(22)16-29-21(12-13-23(29)30)25(31)28-14-6-8-18(15-28)24-26-19-9-3-4-10-20(19)27-24/h2-5,7,9-11,18,21H,6,8,12-16H2,1H3,(H,26,27). The van der Waals surface area contributed by atoms with Crippen LogP contribution in [0.5, 0.6) is 5.75 Å². The Labute approximate surface area is 187 Å². The van der Waals surface area contributed by atoms with Crippen LogP contribution >= 0.6 is 0 Å². The number of nitrogens with one attached hydrogen (secondary N) is 1. The van der Waals surface area contributed by atoms with Crippen molar-refractivity contribution in [3.8, 4) is 5.75 Å². The van der Waals surface area contributed by atoms with Crippen molar-refractivity contribution in [3.63, 3.8) is 0 Å². The van der Waals surface area contributed by atoms with Crippen LogP contribution in [0.4, 0.5) is 0 Å². The molecule has 7 nitrogen and oxygen atoms in total. The number of imidazole rings is 1. The monoisotopic (exact) mass is 432 g/mol. The first kappa shape index (κ1) is 20.5. The van der Waals surface area contributed by atoms with Crippen molar-refractivity contribution in [2.45, 2.75) is 44.2 Å². The van der Waals surface area contributed by atoms with E-state index in [1.807, 2.05) is 53.4 Å². The highest BCUT2D eigenvalue weighted by Gasteiger charge is 2.40. The van der Waals surface area contributed by atoms with Crippen molar-refractivity contribution < 1.29 is 14.3 Å². The molecule has 2 saturated heterocycles. The predicted molar refractivity (Wildman–Crippen MR) is 121 cm³/mol. The van der Waals surface area contributed by atoms with E-state index in [0.717, 1.165) is 47.6 Å². The number of likely N-dealkylation sites (tertiary alicyclic amines) is 2. The zero-order chi connectivity index (χ0) is 22.1. The van der Waals surface area contributed by atoms with Crippen molar-refractivity contribution in [2.75, 3.05) is 20.2 Å². The number of rotatable bonds is 5. The third-order valence-corrected chi connectivity index (χ3v) is 6.67. The van der Waals surface area contributed by atoms with Crippen LogP contribution in [0.25, 0.3) is 11.0 Å². The summed E-state index contributed by atoms with van der Waals surface area (Å²) in [5.74, 6) is 1.94. The second-order valence-corrected chi connectivity index (χ2v) is 8.65. The second-order valence-electron chi connectivity index (χ2n) is 8.65.